The monoisotopic (exact) mass is 302 g/mol. The fourth-order valence-electron chi connectivity index (χ4n) is 3.37. The summed E-state index contributed by atoms with van der Waals surface area (Å²) in [6.07, 6.45) is -2.91. The molecule has 3 aliphatic heterocycles. The largest absolute Gasteiger partial charge is 0.387 e. The van der Waals surface area contributed by atoms with Crippen LogP contribution in [0.2, 0.25) is 0 Å². The number of nitrogens with two attached hydrogens (primary N) is 1. The first-order valence-corrected chi connectivity index (χ1v) is 7.37. The van der Waals surface area contributed by atoms with E-state index in [1.807, 2.05) is 23.9 Å². The Bertz CT molecular complexity index is 373. The lowest BCUT2D eigenvalue weighted by atomic mass is 10.1. The van der Waals surface area contributed by atoms with Crippen LogP contribution in [0.1, 0.15) is 0 Å². The van der Waals surface area contributed by atoms with Gasteiger partial charge >= 0.3 is 0 Å². The average molecular weight is 302 g/mol. The van der Waals surface area contributed by atoms with E-state index in [1.165, 1.54) is 0 Å². The molecule has 9 heteroatoms. The van der Waals surface area contributed by atoms with Gasteiger partial charge in [0.15, 0.2) is 0 Å². The van der Waals surface area contributed by atoms with E-state index < -0.39 is 24.5 Å². The summed E-state index contributed by atoms with van der Waals surface area (Å²) < 4.78 is 5.91. The van der Waals surface area contributed by atoms with Gasteiger partial charge in [0, 0.05) is 13.2 Å². The maximum Gasteiger partial charge on any atom is 0.142 e. The number of rotatable bonds is 3. The third kappa shape index (κ3) is 2.81. The molecule has 0 radical (unpaired) electrons. The van der Waals surface area contributed by atoms with Gasteiger partial charge in [0.2, 0.25) is 0 Å². The summed E-state index contributed by atoms with van der Waals surface area (Å²) in [5.41, 5.74) is 6.04. The van der Waals surface area contributed by atoms with Crippen LogP contribution in [0.25, 0.3) is 0 Å². The third-order valence-corrected chi connectivity index (χ3v) is 4.45. The molecule has 3 fully saturated rings. The molecule has 3 unspecified atom stereocenters. The average Bonchev–Trinajstić information content (AvgIpc) is 2.96. The van der Waals surface area contributed by atoms with Gasteiger partial charge in [0.05, 0.1) is 25.0 Å². The van der Waals surface area contributed by atoms with Crippen LogP contribution in [0.4, 0.5) is 0 Å². The van der Waals surface area contributed by atoms with Gasteiger partial charge in [0.25, 0.3) is 0 Å². The van der Waals surface area contributed by atoms with Crippen molar-refractivity contribution in [1.29, 1.82) is 0 Å². The molecule has 0 amide bonds. The molecule has 0 aromatic heterocycles. The van der Waals surface area contributed by atoms with E-state index in [4.69, 9.17) is 10.5 Å². The van der Waals surface area contributed by atoms with Crippen molar-refractivity contribution in [2.75, 3.05) is 34.0 Å². The van der Waals surface area contributed by atoms with Gasteiger partial charge in [-0.05, 0) is 14.1 Å². The molecule has 9 nitrogen and oxygen atoms in total. The number of aliphatic hydroxyl groups is 2. The van der Waals surface area contributed by atoms with Gasteiger partial charge in [0.1, 0.15) is 24.5 Å². The second-order valence-corrected chi connectivity index (χ2v) is 6.27. The molecule has 3 saturated heterocycles. The van der Waals surface area contributed by atoms with Crippen LogP contribution in [-0.4, -0.2) is 96.9 Å². The minimum Gasteiger partial charge on any atom is -0.387 e. The Morgan fingerprint density at radius 3 is 2.71 bits per heavy atom. The normalized spacial score (nSPS) is 48.0. The molecule has 0 aromatic rings. The lowest BCUT2D eigenvalue weighted by Gasteiger charge is -2.38. The highest BCUT2D eigenvalue weighted by Crippen LogP contribution is 2.28. The van der Waals surface area contributed by atoms with E-state index in [1.54, 1.807) is 0 Å². The molecule has 0 aromatic carbocycles. The molecule has 0 aliphatic carbocycles. The Labute approximate surface area is 124 Å². The second kappa shape index (κ2) is 6.03. The number of nitrogens with one attached hydrogen (secondary N) is 3. The summed E-state index contributed by atoms with van der Waals surface area (Å²) in [6.45, 7) is 1.73. The summed E-state index contributed by atoms with van der Waals surface area (Å²) in [4.78, 5) is 3.93. The van der Waals surface area contributed by atoms with Gasteiger partial charge in [-0.15, -0.1) is 0 Å². The molecule has 7 atom stereocenters. The highest BCUT2D eigenvalue weighted by Gasteiger charge is 2.51. The maximum atomic E-state index is 10.3. The van der Waals surface area contributed by atoms with Gasteiger partial charge < -0.3 is 25.6 Å². The number of hydrogen-bond acceptors (Lipinski definition) is 9. The van der Waals surface area contributed by atoms with E-state index >= 15 is 0 Å². The fourth-order valence-corrected chi connectivity index (χ4v) is 3.37. The molecular weight excluding hydrogens is 276 g/mol. The topological polar surface area (TPSA) is 118 Å². The molecule has 3 aliphatic rings. The Morgan fingerprint density at radius 1 is 1.24 bits per heavy atom. The number of hydrogen-bond donors (Lipinski definition) is 6. The number of nitrogens with zero attached hydrogens (tertiary/aromatic N) is 2. The Hall–Kier alpha value is -0.360. The van der Waals surface area contributed by atoms with E-state index in [0.717, 1.165) is 0 Å². The highest BCUT2D eigenvalue weighted by atomic mass is 16.6. The van der Waals surface area contributed by atoms with Crippen LogP contribution in [0.5, 0.6) is 0 Å². The smallest absolute Gasteiger partial charge is 0.142 e. The minimum atomic E-state index is -0.927. The van der Waals surface area contributed by atoms with E-state index in [0.29, 0.717) is 19.9 Å². The third-order valence-electron chi connectivity index (χ3n) is 4.45. The molecule has 122 valence electrons. The summed E-state index contributed by atoms with van der Waals surface area (Å²) in [5.74, 6) is 0. The maximum absolute atomic E-state index is 10.3. The quantitative estimate of drug-likeness (QED) is 0.310. The first-order valence-electron chi connectivity index (χ1n) is 7.37. The summed E-state index contributed by atoms with van der Waals surface area (Å²) in [6, 6.07) is 0.0413. The number of likely N-dealkylation sites (N-methyl/N-ethyl adjacent to an activating group) is 1. The van der Waals surface area contributed by atoms with Crippen molar-refractivity contribution in [3.8, 4) is 0 Å². The van der Waals surface area contributed by atoms with Crippen molar-refractivity contribution in [2.45, 2.75) is 42.9 Å². The van der Waals surface area contributed by atoms with Gasteiger partial charge in [-0.25, -0.2) is 4.90 Å². The number of aliphatic hydroxyl groups excluding tert-OH is 2. The van der Waals surface area contributed by atoms with Crippen LogP contribution in [0.3, 0.4) is 0 Å². The van der Waals surface area contributed by atoms with Gasteiger partial charge in [-0.1, -0.05) is 0 Å². The van der Waals surface area contributed by atoms with Crippen molar-refractivity contribution in [3.05, 3.63) is 0 Å². The predicted molar refractivity (Wildman–Crippen MR) is 75.8 cm³/mol. The van der Waals surface area contributed by atoms with Gasteiger partial charge in [-0.3, -0.25) is 16.0 Å². The molecule has 0 saturated carbocycles. The van der Waals surface area contributed by atoms with Crippen molar-refractivity contribution >= 4 is 0 Å². The van der Waals surface area contributed by atoms with E-state index in [9.17, 15) is 10.2 Å². The fraction of sp³-hybridized carbons (Fsp3) is 1.00. The molecule has 0 spiro atoms. The lowest BCUT2D eigenvalue weighted by molar-refractivity contribution is -0.105. The number of fused-ring (bicyclic) bond motifs is 1. The standard InChI is InChI=1S/C12H26N6O3/c1-17(2)3-6-8(19)9(20)12(21-6)18-5-16-7-10(13)14-4-15-11(7)18/h6-12,14-16,19-20H,3-5,13H2,1-2H3/t6-,7?,8-,9-,10?,11?,12-/m1/s1. The molecule has 21 heavy (non-hydrogen) atoms. The summed E-state index contributed by atoms with van der Waals surface area (Å²) in [7, 11) is 3.83. The summed E-state index contributed by atoms with van der Waals surface area (Å²) in [5, 5.41) is 30.3. The Morgan fingerprint density at radius 2 is 2.00 bits per heavy atom. The van der Waals surface area contributed by atoms with E-state index in [2.05, 4.69) is 16.0 Å². The van der Waals surface area contributed by atoms with Crippen molar-refractivity contribution in [3.63, 3.8) is 0 Å². The van der Waals surface area contributed by atoms with Crippen LogP contribution in [0.15, 0.2) is 0 Å². The first kappa shape index (κ1) is 15.5. The molecule has 7 N–H and O–H groups in total. The minimum absolute atomic E-state index is 0.0220. The van der Waals surface area contributed by atoms with Crippen LogP contribution in [0, 0.1) is 0 Å². The Kier molecular flexibility index (Phi) is 4.46. The zero-order valence-corrected chi connectivity index (χ0v) is 12.4. The number of ether oxygens (including phenoxy) is 1. The van der Waals surface area contributed by atoms with Crippen molar-refractivity contribution in [1.82, 2.24) is 25.8 Å². The SMILES string of the molecule is CN(C)C[C@H]1O[C@@H](N2CNC3C(N)NCNC32)[C@H](O)[C@@H]1O. The molecular formula is C12H26N6O3. The van der Waals surface area contributed by atoms with Crippen LogP contribution < -0.4 is 21.7 Å². The highest BCUT2D eigenvalue weighted by molar-refractivity contribution is 5.01. The molecule has 3 rings (SSSR count). The summed E-state index contributed by atoms with van der Waals surface area (Å²) >= 11 is 0. The first-order chi connectivity index (χ1) is 9.99. The zero-order chi connectivity index (χ0) is 15.1. The van der Waals surface area contributed by atoms with Crippen LogP contribution >= 0.6 is 0 Å². The molecule has 0 bridgehead atoms. The zero-order valence-electron chi connectivity index (χ0n) is 12.4. The second-order valence-electron chi connectivity index (χ2n) is 6.27. The van der Waals surface area contributed by atoms with Crippen LogP contribution in [-0.2, 0) is 4.74 Å². The Balaban J connectivity index is 1.69. The lowest BCUT2D eigenvalue weighted by Crippen LogP contribution is -2.68. The van der Waals surface area contributed by atoms with Crippen molar-refractivity contribution in [2.24, 2.45) is 5.73 Å². The van der Waals surface area contributed by atoms with Gasteiger partial charge in [-0.2, -0.15) is 0 Å². The molecule has 3 heterocycles. The van der Waals surface area contributed by atoms with E-state index in [-0.39, 0.29) is 18.4 Å². The van der Waals surface area contributed by atoms with Crippen molar-refractivity contribution < 1.29 is 14.9 Å². The predicted octanol–water partition coefficient (Wildman–Crippen LogP) is -4.01.